The second-order valence-corrected chi connectivity index (χ2v) is 8.82. The quantitative estimate of drug-likeness (QED) is 0.645. The summed E-state index contributed by atoms with van der Waals surface area (Å²) < 4.78 is 25.8. The molecule has 0 aliphatic heterocycles. The van der Waals surface area contributed by atoms with Crippen molar-refractivity contribution in [1.82, 2.24) is 5.32 Å². The zero-order valence-corrected chi connectivity index (χ0v) is 17.3. The van der Waals surface area contributed by atoms with Gasteiger partial charge in [0.2, 0.25) is 10.0 Å². The Balaban J connectivity index is 1.69. The van der Waals surface area contributed by atoms with Gasteiger partial charge in [-0.1, -0.05) is 54.6 Å². The summed E-state index contributed by atoms with van der Waals surface area (Å²) in [6, 6.07) is 23.9. The van der Waals surface area contributed by atoms with Crippen LogP contribution in [-0.4, -0.2) is 20.6 Å². The van der Waals surface area contributed by atoms with Crippen LogP contribution in [0.1, 0.15) is 27.0 Å². The number of carbonyl (C=O) groups excluding carboxylic acids is 1. The van der Waals surface area contributed by atoms with Gasteiger partial charge in [-0.05, 0) is 47.9 Å². The highest BCUT2D eigenvalue weighted by molar-refractivity contribution is 7.92. The molecular formula is C23H24N2O3S. The Bertz CT molecular complexity index is 1080. The largest absolute Gasteiger partial charge is 0.348 e. The highest BCUT2D eigenvalue weighted by Gasteiger charge is 2.17. The van der Waals surface area contributed by atoms with Gasteiger partial charge in [-0.25, -0.2) is 8.42 Å². The second kappa shape index (κ2) is 8.92. The minimum absolute atomic E-state index is 0.164. The van der Waals surface area contributed by atoms with Crippen LogP contribution in [0.2, 0.25) is 0 Å². The van der Waals surface area contributed by atoms with E-state index in [4.69, 9.17) is 0 Å². The summed E-state index contributed by atoms with van der Waals surface area (Å²) in [4.78, 5) is 12.4. The number of nitrogens with zero attached hydrogens (tertiary/aromatic N) is 1. The fourth-order valence-electron chi connectivity index (χ4n) is 3.01. The molecule has 0 unspecified atom stereocenters. The third kappa shape index (κ3) is 5.45. The van der Waals surface area contributed by atoms with Crippen LogP contribution in [0.15, 0.2) is 78.9 Å². The molecule has 1 N–H and O–H groups in total. The van der Waals surface area contributed by atoms with Crippen LogP contribution >= 0.6 is 0 Å². The number of anilines is 1. The average Bonchev–Trinajstić information content (AvgIpc) is 2.71. The number of para-hydroxylation sites is 1. The van der Waals surface area contributed by atoms with Crippen LogP contribution in [0.5, 0.6) is 0 Å². The molecule has 1 amide bonds. The number of sulfonamides is 1. The lowest BCUT2D eigenvalue weighted by Gasteiger charge is -2.22. The smallest absolute Gasteiger partial charge is 0.251 e. The molecule has 0 heterocycles. The lowest BCUT2D eigenvalue weighted by atomic mass is 10.1. The molecule has 0 bridgehead atoms. The van der Waals surface area contributed by atoms with Crippen LogP contribution in [0.4, 0.5) is 5.69 Å². The van der Waals surface area contributed by atoms with Gasteiger partial charge in [-0.2, -0.15) is 0 Å². The van der Waals surface area contributed by atoms with E-state index in [1.165, 1.54) is 10.6 Å². The maximum atomic E-state index is 12.4. The summed E-state index contributed by atoms with van der Waals surface area (Å²) in [5, 5.41) is 2.92. The summed E-state index contributed by atoms with van der Waals surface area (Å²) >= 11 is 0. The molecule has 3 aromatic carbocycles. The van der Waals surface area contributed by atoms with Gasteiger partial charge in [0.15, 0.2) is 0 Å². The Hall–Kier alpha value is -3.12. The van der Waals surface area contributed by atoms with Gasteiger partial charge >= 0.3 is 0 Å². The number of benzene rings is 3. The molecule has 29 heavy (non-hydrogen) atoms. The highest BCUT2D eigenvalue weighted by atomic mass is 32.2. The van der Waals surface area contributed by atoms with Crippen LogP contribution in [0.25, 0.3) is 0 Å². The number of rotatable bonds is 7. The molecule has 150 valence electrons. The van der Waals surface area contributed by atoms with E-state index in [0.29, 0.717) is 17.8 Å². The Kier molecular flexibility index (Phi) is 6.34. The molecule has 0 saturated heterocycles. The molecule has 0 radical (unpaired) electrons. The van der Waals surface area contributed by atoms with E-state index in [1.54, 1.807) is 48.5 Å². The number of nitrogens with one attached hydrogen (secondary N) is 1. The molecule has 0 aromatic heterocycles. The maximum Gasteiger partial charge on any atom is 0.251 e. The van der Waals surface area contributed by atoms with E-state index in [9.17, 15) is 13.2 Å². The van der Waals surface area contributed by atoms with Crippen molar-refractivity contribution in [2.45, 2.75) is 20.0 Å². The summed E-state index contributed by atoms with van der Waals surface area (Å²) in [5.41, 5.74) is 4.15. The first-order valence-electron chi connectivity index (χ1n) is 9.29. The molecule has 0 aliphatic carbocycles. The van der Waals surface area contributed by atoms with E-state index in [1.807, 2.05) is 37.3 Å². The first kappa shape index (κ1) is 20.6. The fourth-order valence-corrected chi connectivity index (χ4v) is 3.90. The third-order valence-electron chi connectivity index (χ3n) is 4.69. The highest BCUT2D eigenvalue weighted by Crippen LogP contribution is 2.20. The third-order valence-corrected chi connectivity index (χ3v) is 5.83. The summed E-state index contributed by atoms with van der Waals surface area (Å²) in [5.74, 6) is -0.164. The van der Waals surface area contributed by atoms with Gasteiger partial charge in [0.25, 0.3) is 5.91 Å². The Labute approximate surface area is 172 Å². The molecule has 0 atom stereocenters. The van der Waals surface area contributed by atoms with Crippen molar-refractivity contribution >= 4 is 21.6 Å². The van der Waals surface area contributed by atoms with Crippen LogP contribution in [-0.2, 0) is 23.1 Å². The van der Waals surface area contributed by atoms with Crippen molar-refractivity contribution in [3.05, 3.63) is 101 Å². The van der Waals surface area contributed by atoms with Gasteiger partial charge < -0.3 is 5.32 Å². The van der Waals surface area contributed by atoms with Gasteiger partial charge in [-0.15, -0.1) is 0 Å². The Morgan fingerprint density at radius 2 is 1.52 bits per heavy atom. The molecule has 5 nitrogen and oxygen atoms in total. The molecule has 0 aliphatic rings. The van der Waals surface area contributed by atoms with Crippen molar-refractivity contribution < 1.29 is 13.2 Å². The molecule has 6 heteroatoms. The Morgan fingerprint density at radius 3 is 2.14 bits per heavy atom. The lowest BCUT2D eigenvalue weighted by molar-refractivity contribution is 0.0951. The number of aryl methyl sites for hydroxylation is 1. The molecular weight excluding hydrogens is 384 g/mol. The van der Waals surface area contributed by atoms with Crippen LogP contribution in [0, 0.1) is 6.92 Å². The molecule has 0 spiro atoms. The molecule has 3 aromatic rings. The van der Waals surface area contributed by atoms with Gasteiger partial charge in [0, 0.05) is 12.1 Å². The number of amides is 1. The predicted octanol–water partition coefficient (Wildman–Crippen LogP) is 3.89. The first-order valence-corrected chi connectivity index (χ1v) is 11.1. The number of carbonyl (C=O) groups is 1. The lowest BCUT2D eigenvalue weighted by Crippen LogP contribution is -2.29. The zero-order valence-electron chi connectivity index (χ0n) is 16.5. The van der Waals surface area contributed by atoms with E-state index < -0.39 is 10.0 Å². The monoisotopic (exact) mass is 408 g/mol. The second-order valence-electron chi connectivity index (χ2n) is 6.91. The van der Waals surface area contributed by atoms with Crippen molar-refractivity contribution in [1.29, 1.82) is 0 Å². The minimum atomic E-state index is -3.43. The van der Waals surface area contributed by atoms with E-state index in [0.717, 1.165) is 16.7 Å². The van der Waals surface area contributed by atoms with Gasteiger partial charge in [-0.3, -0.25) is 9.10 Å². The summed E-state index contributed by atoms with van der Waals surface area (Å²) in [6.07, 6.45) is 1.19. The Morgan fingerprint density at radius 1 is 0.897 bits per heavy atom. The molecule has 3 rings (SSSR count). The van der Waals surface area contributed by atoms with Crippen molar-refractivity contribution in [2.75, 3.05) is 10.6 Å². The maximum absolute atomic E-state index is 12.4. The zero-order chi connectivity index (χ0) is 20.9. The normalized spacial score (nSPS) is 11.1. The fraction of sp³-hybridized carbons (Fsp3) is 0.174. The average molecular weight is 409 g/mol. The van der Waals surface area contributed by atoms with Crippen molar-refractivity contribution in [3.63, 3.8) is 0 Å². The molecule has 0 saturated carbocycles. The van der Waals surface area contributed by atoms with Crippen LogP contribution in [0.3, 0.4) is 0 Å². The van der Waals surface area contributed by atoms with E-state index in [2.05, 4.69) is 5.32 Å². The van der Waals surface area contributed by atoms with E-state index >= 15 is 0 Å². The van der Waals surface area contributed by atoms with Gasteiger partial charge in [0.1, 0.15) is 0 Å². The minimum Gasteiger partial charge on any atom is -0.348 e. The standard InChI is InChI=1S/C23H24N2O3S/c1-18-8-6-7-9-21(18)16-24-23(26)20-14-12-19(13-15-20)17-25(29(2,27)28)22-10-4-3-5-11-22/h3-15H,16-17H2,1-2H3,(H,24,26). The van der Waals surface area contributed by atoms with E-state index in [-0.39, 0.29) is 12.5 Å². The number of hydrogen-bond donors (Lipinski definition) is 1. The van der Waals surface area contributed by atoms with Crippen molar-refractivity contribution in [2.24, 2.45) is 0 Å². The summed E-state index contributed by atoms with van der Waals surface area (Å²) in [7, 11) is -3.43. The predicted molar refractivity (Wildman–Crippen MR) is 116 cm³/mol. The first-order chi connectivity index (χ1) is 13.8. The van der Waals surface area contributed by atoms with Gasteiger partial charge in [0.05, 0.1) is 18.5 Å². The van der Waals surface area contributed by atoms with Crippen molar-refractivity contribution in [3.8, 4) is 0 Å². The number of hydrogen-bond acceptors (Lipinski definition) is 3. The summed E-state index contributed by atoms with van der Waals surface area (Å²) in [6.45, 7) is 2.67. The SMILES string of the molecule is Cc1ccccc1CNC(=O)c1ccc(CN(c2ccccc2)S(C)(=O)=O)cc1. The topological polar surface area (TPSA) is 66.5 Å². The molecule has 0 fully saturated rings. The van der Waals surface area contributed by atoms with Crippen LogP contribution < -0.4 is 9.62 Å².